The Bertz CT molecular complexity index is 642. The molecule has 0 amide bonds. The highest BCUT2D eigenvalue weighted by Crippen LogP contribution is 2.37. The minimum absolute atomic E-state index is 0.0166. The Morgan fingerprint density at radius 3 is 2.75 bits per heavy atom. The van der Waals surface area contributed by atoms with E-state index < -0.39 is 17.8 Å². The van der Waals surface area contributed by atoms with Gasteiger partial charge in [0.05, 0.1) is 29.5 Å². The van der Waals surface area contributed by atoms with Crippen molar-refractivity contribution in [1.29, 1.82) is 5.26 Å². The first-order valence-corrected chi connectivity index (χ1v) is 8.05. The second kappa shape index (κ2) is 6.61. The normalized spacial score (nSPS) is 28.0. The number of nitriles is 1. The Morgan fingerprint density at radius 2 is 2.08 bits per heavy atom. The predicted molar refractivity (Wildman–Crippen MR) is 81.5 cm³/mol. The van der Waals surface area contributed by atoms with Gasteiger partial charge in [-0.25, -0.2) is 0 Å². The van der Waals surface area contributed by atoms with Gasteiger partial charge in [0.2, 0.25) is 0 Å². The average Bonchev–Trinajstić information content (AvgIpc) is 3.03. The first-order chi connectivity index (χ1) is 11.4. The first-order valence-electron chi connectivity index (χ1n) is 8.05. The molecule has 0 bridgehead atoms. The standard InChI is InChI=1S/C17H19F3N2O2/c18-17(19,20)12-3-4-14(11(8-12)9-21)22-6-1-2-15(22)13-10-24-7-5-16(13)23/h3-4,8,13,15-16,23H,1-2,5-7,10H2/t13-,15-,16-/m1/s1. The van der Waals surface area contributed by atoms with Crippen molar-refractivity contribution in [3.63, 3.8) is 0 Å². The second-order valence-corrected chi connectivity index (χ2v) is 6.34. The maximum Gasteiger partial charge on any atom is 0.416 e. The molecule has 0 aromatic heterocycles. The van der Waals surface area contributed by atoms with Crippen LogP contribution in [-0.2, 0) is 10.9 Å². The molecule has 2 fully saturated rings. The molecule has 0 spiro atoms. The number of aliphatic hydroxyl groups is 1. The van der Waals surface area contributed by atoms with Crippen LogP contribution in [0.2, 0.25) is 0 Å². The topological polar surface area (TPSA) is 56.5 Å². The van der Waals surface area contributed by atoms with Crippen LogP contribution in [0.1, 0.15) is 30.4 Å². The van der Waals surface area contributed by atoms with Crippen LogP contribution in [0.3, 0.4) is 0 Å². The Balaban J connectivity index is 1.91. The zero-order valence-corrected chi connectivity index (χ0v) is 13.1. The summed E-state index contributed by atoms with van der Waals surface area (Å²) in [6.07, 6.45) is -2.68. The molecule has 3 rings (SSSR count). The maximum absolute atomic E-state index is 12.9. The van der Waals surface area contributed by atoms with Crippen molar-refractivity contribution < 1.29 is 23.0 Å². The van der Waals surface area contributed by atoms with Crippen LogP contribution in [0.15, 0.2) is 18.2 Å². The lowest BCUT2D eigenvalue weighted by atomic mass is 9.89. The van der Waals surface area contributed by atoms with E-state index in [1.54, 1.807) is 0 Å². The van der Waals surface area contributed by atoms with E-state index in [9.17, 15) is 23.5 Å². The summed E-state index contributed by atoms with van der Waals surface area (Å²) in [5.41, 5.74) is -0.298. The van der Waals surface area contributed by atoms with Crippen molar-refractivity contribution >= 4 is 5.69 Å². The zero-order valence-electron chi connectivity index (χ0n) is 13.1. The van der Waals surface area contributed by atoms with Gasteiger partial charge in [0.15, 0.2) is 0 Å². The third kappa shape index (κ3) is 3.21. The Labute approximate surface area is 138 Å². The number of alkyl halides is 3. The van der Waals surface area contributed by atoms with Crippen molar-refractivity contribution in [2.24, 2.45) is 5.92 Å². The maximum atomic E-state index is 12.9. The first kappa shape index (κ1) is 17.1. The van der Waals surface area contributed by atoms with Gasteiger partial charge in [-0.1, -0.05) is 0 Å². The highest BCUT2D eigenvalue weighted by atomic mass is 19.4. The molecule has 4 nitrogen and oxygen atoms in total. The second-order valence-electron chi connectivity index (χ2n) is 6.34. The molecule has 1 N–H and O–H groups in total. The van der Waals surface area contributed by atoms with Crippen LogP contribution in [0, 0.1) is 17.2 Å². The monoisotopic (exact) mass is 340 g/mol. The minimum Gasteiger partial charge on any atom is -0.393 e. The molecule has 130 valence electrons. The number of rotatable bonds is 2. The summed E-state index contributed by atoms with van der Waals surface area (Å²) in [5.74, 6) is -0.0879. The Morgan fingerprint density at radius 1 is 1.29 bits per heavy atom. The van der Waals surface area contributed by atoms with E-state index in [0.717, 1.165) is 25.0 Å². The number of ether oxygens (including phenoxy) is 1. The molecule has 0 unspecified atom stereocenters. The number of aliphatic hydroxyl groups excluding tert-OH is 1. The molecule has 1 aromatic rings. The van der Waals surface area contributed by atoms with Gasteiger partial charge >= 0.3 is 6.18 Å². The number of nitrogens with zero attached hydrogens (tertiary/aromatic N) is 2. The molecular weight excluding hydrogens is 321 g/mol. The van der Waals surface area contributed by atoms with Crippen LogP contribution < -0.4 is 4.90 Å². The fraction of sp³-hybridized carbons (Fsp3) is 0.588. The van der Waals surface area contributed by atoms with Gasteiger partial charge in [0.1, 0.15) is 6.07 Å². The van der Waals surface area contributed by atoms with Crippen molar-refractivity contribution in [2.75, 3.05) is 24.7 Å². The molecule has 0 radical (unpaired) electrons. The summed E-state index contributed by atoms with van der Waals surface area (Å²) in [6.45, 7) is 1.62. The largest absolute Gasteiger partial charge is 0.416 e. The fourth-order valence-electron chi connectivity index (χ4n) is 3.71. The van der Waals surface area contributed by atoms with E-state index in [4.69, 9.17) is 4.74 Å². The van der Waals surface area contributed by atoms with E-state index >= 15 is 0 Å². The lowest BCUT2D eigenvalue weighted by Crippen LogP contribution is -2.46. The predicted octanol–water partition coefficient (Wildman–Crippen LogP) is 2.94. The van der Waals surface area contributed by atoms with E-state index in [2.05, 4.69) is 0 Å². The highest BCUT2D eigenvalue weighted by Gasteiger charge is 2.39. The fourth-order valence-corrected chi connectivity index (χ4v) is 3.71. The van der Waals surface area contributed by atoms with Crippen LogP contribution in [0.25, 0.3) is 0 Å². The van der Waals surface area contributed by atoms with Crippen molar-refractivity contribution in [1.82, 2.24) is 0 Å². The highest BCUT2D eigenvalue weighted by molar-refractivity contribution is 5.62. The van der Waals surface area contributed by atoms with E-state index in [1.165, 1.54) is 6.07 Å². The Hall–Kier alpha value is -1.78. The summed E-state index contributed by atoms with van der Waals surface area (Å²) < 4.78 is 44.0. The number of anilines is 1. The van der Waals surface area contributed by atoms with Gasteiger partial charge in [-0.2, -0.15) is 18.4 Å². The summed E-state index contributed by atoms with van der Waals surface area (Å²) in [6, 6.07) is 5.15. The van der Waals surface area contributed by atoms with Crippen LogP contribution in [0.5, 0.6) is 0 Å². The Kier molecular flexibility index (Phi) is 4.70. The molecular formula is C17H19F3N2O2. The van der Waals surface area contributed by atoms with Crippen LogP contribution in [-0.4, -0.2) is 37.0 Å². The smallest absolute Gasteiger partial charge is 0.393 e. The van der Waals surface area contributed by atoms with Crippen molar-refractivity contribution in [3.8, 4) is 6.07 Å². The summed E-state index contributed by atoms with van der Waals surface area (Å²) in [7, 11) is 0. The lowest BCUT2D eigenvalue weighted by Gasteiger charge is -2.38. The molecule has 2 saturated heterocycles. The molecule has 7 heteroatoms. The minimum atomic E-state index is -4.47. The van der Waals surface area contributed by atoms with Gasteiger partial charge < -0.3 is 14.7 Å². The van der Waals surface area contributed by atoms with Gasteiger partial charge in [0, 0.05) is 25.1 Å². The average molecular weight is 340 g/mol. The van der Waals surface area contributed by atoms with Crippen LogP contribution >= 0.6 is 0 Å². The van der Waals surface area contributed by atoms with Crippen molar-refractivity contribution in [3.05, 3.63) is 29.3 Å². The third-order valence-corrected chi connectivity index (χ3v) is 4.91. The number of halogens is 3. The molecule has 2 heterocycles. The lowest BCUT2D eigenvalue weighted by molar-refractivity contribution is -0.137. The van der Waals surface area contributed by atoms with E-state index in [-0.39, 0.29) is 17.5 Å². The molecule has 2 aliphatic rings. The zero-order chi connectivity index (χ0) is 17.3. The van der Waals surface area contributed by atoms with Gasteiger partial charge in [0.25, 0.3) is 0 Å². The van der Waals surface area contributed by atoms with Crippen LogP contribution in [0.4, 0.5) is 18.9 Å². The molecule has 2 aliphatic heterocycles. The molecule has 24 heavy (non-hydrogen) atoms. The quantitative estimate of drug-likeness (QED) is 0.899. The van der Waals surface area contributed by atoms with Gasteiger partial charge in [-0.15, -0.1) is 0 Å². The van der Waals surface area contributed by atoms with E-state index in [1.807, 2.05) is 11.0 Å². The van der Waals surface area contributed by atoms with Gasteiger partial charge in [-0.05, 0) is 37.5 Å². The summed E-state index contributed by atoms with van der Waals surface area (Å²) in [5, 5.41) is 19.6. The molecule has 0 saturated carbocycles. The van der Waals surface area contributed by atoms with Crippen molar-refractivity contribution in [2.45, 2.75) is 37.6 Å². The number of hydrogen-bond donors (Lipinski definition) is 1. The SMILES string of the molecule is N#Cc1cc(C(F)(F)F)ccc1N1CCC[C@@H]1[C@H]1COCC[C@H]1O. The third-order valence-electron chi connectivity index (χ3n) is 4.91. The summed E-state index contributed by atoms with van der Waals surface area (Å²) >= 11 is 0. The number of hydrogen-bond acceptors (Lipinski definition) is 4. The molecule has 0 aliphatic carbocycles. The molecule has 3 atom stereocenters. The van der Waals surface area contributed by atoms with Gasteiger partial charge in [-0.3, -0.25) is 0 Å². The summed E-state index contributed by atoms with van der Waals surface area (Å²) in [4.78, 5) is 1.96. The van der Waals surface area contributed by atoms with E-state index in [0.29, 0.717) is 31.9 Å². The molecule has 1 aromatic carbocycles. The number of benzene rings is 1.